The van der Waals surface area contributed by atoms with Crippen LogP contribution in [0.2, 0.25) is 0 Å². The van der Waals surface area contributed by atoms with Crippen LogP contribution in [0.25, 0.3) is 10.8 Å². The number of nitrogens with one attached hydrogen (secondary N) is 2. The van der Waals surface area contributed by atoms with E-state index >= 15 is 0 Å². The molecule has 2 aliphatic heterocycles. The van der Waals surface area contributed by atoms with Crippen molar-refractivity contribution < 1.29 is 22.6 Å². The number of hydrogen-bond acceptors (Lipinski definition) is 7. The molecule has 170 valence electrons. The lowest BCUT2D eigenvalue weighted by Crippen LogP contribution is -2.51. The summed E-state index contributed by atoms with van der Waals surface area (Å²) in [6, 6.07) is 12.0. The van der Waals surface area contributed by atoms with E-state index < -0.39 is 21.9 Å². The van der Waals surface area contributed by atoms with Gasteiger partial charge in [0.15, 0.2) is 5.11 Å². The molecule has 0 radical (unpaired) electrons. The van der Waals surface area contributed by atoms with Crippen LogP contribution in [0.4, 0.5) is 5.69 Å². The third-order valence-electron chi connectivity index (χ3n) is 4.96. The largest absolute Gasteiger partial charge is 0.335 e. The number of nitrogens with zero attached hydrogens (tertiary/aromatic N) is 1. The molecular weight excluding hydrogens is 482 g/mol. The van der Waals surface area contributed by atoms with Crippen LogP contribution in [0.1, 0.15) is 6.42 Å². The Morgan fingerprint density at radius 1 is 1.03 bits per heavy atom. The second-order valence-corrected chi connectivity index (χ2v) is 10.2. The first-order chi connectivity index (χ1) is 15.7. The number of rotatable bonds is 6. The van der Waals surface area contributed by atoms with E-state index in [1.54, 1.807) is 23.9 Å². The third kappa shape index (κ3) is 5.33. The first kappa shape index (κ1) is 23.2. The lowest BCUT2D eigenvalue weighted by Gasteiger charge is -2.20. The van der Waals surface area contributed by atoms with Gasteiger partial charge in [0.2, 0.25) is 0 Å². The standard InChI is InChI=1S/C22H19N3O5S3/c26-20-16(21(27)24-22(31)23-20)8-3-4-9-18-25(12-5-13-33(28,29)30)17-11-10-14-6-1-2-7-15(14)19(17)32-18/h1-4,6-11H,5,12-13H2,(H,28,29,30)(H2,23,24,26,27,31). The number of carbonyl (C=O) groups excluding carboxylic acids is 2. The molecule has 2 heterocycles. The molecule has 1 fully saturated rings. The van der Waals surface area contributed by atoms with Crippen LogP contribution >= 0.6 is 24.0 Å². The molecule has 2 amide bonds. The van der Waals surface area contributed by atoms with Crippen molar-refractivity contribution in [3.8, 4) is 0 Å². The minimum Gasteiger partial charge on any atom is -0.335 e. The van der Waals surface area contributed by atoms with Crippen molar-refractivity contribution in [3.05, 3.63) is 71.3 Å². The van der Waals surface area contributed by atoms with Gasteiger partial charge in [-0.2, -0.15) is 8.42 Å². The number of allylic oxidation sites excluding steroid dienone is 4. The lowest BCUT2D eigenvalue weighted by molar-refractivity contribution is -0.123. The fraction of sp³-hybridized carbons (Fsp3) is 0.136. The van der Waals surface area contributed by atoms with Crippen molar-refractivity contribution in [2.45, 2.75) is 11.3 Å². The summed E-state index contributed by atoms with van der Waals surface area (Å²) in [5.41, 5.74) is 0.892. The highest BCUT2D eigenvalue weighted by Crippen LogP contribution is 2.49. The van der Waals surface area contributed by atoms with E-state index in [1.807, 2.05) is 47.4 Å². The molecule has 3 N–H and O–H groups in total. The van der Waals surface area contributed by atoms with Crippen LogP contribution in [-0.4, -0.2) is 42.2 Å². The summed E-state index contributed by atoms with van der Waals surface area (Å²) in [5.74, 6) is -1.47. The fourth-order valence-electron chi connectivity index (χ4n) is 3.51. The van der Waals surface area contributed by atoms with Crippen LogP contribution in [0.3, 0.4) is 0 Å². The van der Waals surface area contributed by atoms with Gasteiger partial charge in [-0.1, -0.05) is 54.2 Å². The van der Waals surface area contributed by atoms with Gasteiger partial charge >= 0.3 is 0 Å². The summed E-state index contributed by atoms with van der Waals surface area (Å²) in [7, 11) is -4.05. The van der Waals surface area contributed by atoms with E-state index in [4.69, 9.17) is 16.8 Å². The topological polar surface area (TPSA) is 116 Å². The zero-order valence-corrected chi connectivity index (χ0v) is 19.6. The maximum Gasteiger partial charge on any atom is 0.264 e. The lowest BCUT2D eigenvalue weighted by atomic mass is 10.1. The summed E-state index contributed by atoms with van der Waals surface area (Å²) in [6.07, 6.45) is 6.75. The van der Waals surface area contributed by atoms with E-state index in [9.17, 15) is 18.0 Å². The minimum absolute atomic E-state index is 0.0267. The van der Waals surface area contributed by atoms with Gasteiger partial charge in [0.25, 0.3) is 21.9 Å². The zero-order chi connectivity index (χ0) is 23.6. The number of thiocarbonyl (C=S) groups is 1. The highest BCUT2D eigenvalue weighted by atomic mass is 32.2. The second-order valence-electron chi connectivity index (χ2n) is 7.24. The molecule has 0 bridgehead atoms. The number of fused-ring (bicyclic) bond motifs is 3. The molecule has 8 nitrogen and oxygen atoms in total. The van der Waals surface area contributed by atoms with Gasteiger partial charge in [0, 0.05) is 11.4 Å². The Hall–Kier alpha value is -2.99. The maximum absolute atomic E-state index is 11.9. The Kier molecular flexibility index (Phi) is 6.66. The molecule has 33 heavy (non-hydrogen) atoms. The Balaban J connectivity index is 1.61. The van der Waals surface area contributed by atoms with Gasteiger partial charge < -0.3 is 4.90 Å². The molecule has 2 aromatic carbocycles. The van der Waals surface area contributed by atoms with E-state index in [-0.39, 0.29) is 22.9 Å². The number of hydrogen-bond donors (Lipinski definition) is 3. The molecule has 11 heteroatoms. The van der Waals surface area contributed by atoms with Gasteiger partial charge in [-0.15, -0.1) is 0 Å². The van der Waals surface area contributed by atoms with Gasteiger partial charge in [-0.3, -0.25) is 24.8 Å². The number of benzene rings is 2. The average Bonchev–Trinajstić information content (AvgIpc) is 3.09. The van der Waals surface area contributed by atoms with E-state index in [0.717, 1.165) is 26.4 Å². The molecule has 0 unspecified atom stereocenters. The molecule has 0 atom stereocenters. The van der Waals surface area contributed by atoms with E-state index in [1.165, 1.54) is 6.08 Å². The molecule has 2 aromatic rings. The van der Waals surface area contributed by atoms with E-state index in [0.29, 0.717) is 6.54 Å². The number of anilines is 1. The Morgan fingerprint density at radius 3 is 2.45 bits per heavy atom. The molecule has 0 saturated carbocycles. The third-order valence-corrected chi connectivity index (χ3v) is 7.17. The Morgan fingerprint density at radius 2 is 1.73 bits per heavy atom. The highest BCUT2D eigenvalue weighted by molar-refractivity contribution is 8.04. The quantitative estimate of drug-likeness (QED) is 0.240. The highest BCUT2D eigenvalue weighted by Gasteiger charge is 2.27. The molecule has 0 aliphatic carbocycles. The van der Waals surface area contributed by atoms with Crippen LogP contribution in [0.5, 0.6) is 0 Å². The van der Waals surface area contributed by atoms with E-state index in [2.05, 4.69) is 10.6 Å². The first-order valence-electron chi connectivity index (χ1n) is 9.90. The second kappa shape index (κ2) is 9.48. The summed E-state index contributed by atoms with van der Waals surface area (Å²) in [5, 5.41) is 7.75. The van der Waals surface area contributed by atoms with Gasteiger partial charge in [-0.25, -0.2) is 0 Å². The summed E-state index contributed by atoms with van der Waals surface area (Å²) in [4.78, 5) is 26.9. The first-order valence-corrected chi connectivity index (χ1v) is 12.7. The maximum atomic E-state index is 11.9. The van der Waals surface area contributed by atoms with Crippen molar-refractivity contribution >= 4 is 67.5 Å². The average molecular weight is 502 g/mol. The predicted molar refractivity (Wildman–Crippen MR) is 132 cm³/mol. The van der Waals surface area contributed by atoms with Crippen molar-refractivity contribution in [3.63, 3.8) is 0 Å². The van der Waals surface area contributed by atoms with Crippen LogP contribution in [0, 0.1) is 0 Å². The summed E-state index contributed by atoms with van der Waals surface area (Å²) >= 11 is 6.33. The van der Waals surface area contributed by atoms with Gasteiger partial charge in [0.05, 0.1) is 16.5 Å². The Labute approximate surface area is 200 Å². The van der Waals surface area contributed by atoms with Crippen LogP contribution < -0.4 is 15.5 Å². The number of carbonyl (C=O) groups is 2. The van der Waals surface area contributed by atoms with Crippen molar-refractivity contribution in [2.75, 3.05) is 17.2 Å². The molecule has 1 saturated heterocycles. The van der Waals surface area contributed by atoms with Crippen molar-refractivity contribution in [2.24, 2.45) is 0 Å². The summed E-state index contributed by atoms with van der Waals surface area (Å²) < 4.78 is 31.4. The van der Waals surface area contributed by atoms with Crippen molar-refractivity contribution in [1.29, 1.82) is 0 Å². The molecule has 2 aliphatic rings. The minimum atomic E-state index is -4.05. The molecule has 0 aromatic heterocycles. The van der Waals surface area contributed by atoms with Crippen LogP contribution in [0.15, 0.2) is 76.2 Å². The Bertz CT molecular complexity index is 1340. The van der Waals surface area contributed by atoms with Gasteiger partial charge in [-0.05, 0) is 47.6 Å². The SMILES string of the molecule is O=C1NC(=S)NC(=O)C1=CC=CC=C1Sc2c(ccc3ccccc23)N1CCCS(=O)(=O)O. The molecular formula is C22H19N3O5S3. The van der Waals surface area contributed by atoms with Gasteiger partial charge in [0.1, 0.15) is 5.57 Å². The zero-order valence-electron chi connectivity index (χ0n) is 17.1. The molecule has 4 rings (SSSR count). The smallest absolute Gasteiger partial charge is 0.264 e. The number of thioether (sulfide) groups is 1. The van der Waals surface area contributed by atoms with Crippen molar-refractivity contribution in [1.82, 2.24) is 10.6 Å². The normalized spacial score (nSPS) is 17.6. The number of amides is 2. The molecule has 0 spiro atoms. The summed E-state index contributed by atoms with van der Waals surface area (Å²) in [6.45, 7) is 0.390. The predicted octanol–water partition coefficient (Wildman–Crippen LogP) is 2.88. The monoisotopic (exact) mass is 501 g/mol. The van der Waals surface area contributed by atoms with Crippen LogP contribution in [-0.2, 0) is 19.7 Å². The fourth-order valence-corrected chi connectivity index (χ4v) is 5.42.